The highest BCUT2D eigenvalue weighted by atomic mass is 32.2. The fourth-order valence-corrected chi connectivity index (χ4v) is 3.79. The van der Waals surface area contributed by atoms with Gasteiger partial charge in [0.15, 0.2) is 11.0 Å². The van der Waals surface area contributed by atoms with E-state index in [1.165, 1.54) is 24.0 Å². The maximum absolute atomic E-state index is 12.3. The van der Waals surface area contributed by atoms with Gasteiger partial charge in [0.25, 0.3) is 11.6 Å². The van der Waals surface area contributed by atoms with Crippen molar-refractivity contribution in [2.75, 3.05) is 5.75 Å². The number of hydrazone groups is 1. The normalized spacial score (nSPS) is 10.9. The monoisotopic (exact) mass is 458 g/mol. The number of aromatic nitrogens is 3. The number of nitrogens with one attached hydrogen (secondary N) is 1. The van der Waals surface area contributed by atoms with Crippen molar-refractivity contribution in [2.24, 2.45) is 5.10 Å². The summed E-state index contributed by atoms with van der Waals surface area (Å²) >= 11 is 1.21. The number of nitro groups is 1. The number of hydrogen-bond acceptors (Lipinski definition) is 7. The van der Waals surface area contributed by atoms with E-state index in [0.29, 0.717) is 16.5 Å². The van der Waals surface area contributed by atoms with Crippen molar-refractivity contribution in [2.45, 2.75) is 5.16 Å². The van der Waals surface area contributed by atoms with Gasteiger partial charge in [0, 0.05) is 17.3 Å². The molecule has 0 spiro atoms. The highest BCUT2D eigenvalue weighted by Crippen LogP contribution is 2.27. The van der Waals surface area contributed by atoms with Crippen LogP contribution in [0.3, 0.4) is 0 Å². The first-order valence-electron chi connectivity index (χ1n) is 9.88. The molecular formula is C23H18N6O3S. The van der Waals surface area contributed by atoms with E-state index in [4.69, 9.17) is 0 Å². The number of rotatable bonds is 8. The molecule has 3 aromatic carbocycles. The molecule has 4 rings (SSSR count). The first kappa shape index (κ1) is 21.9. The van der Waals surface area contributed by atoms with Crippen LogP contribution in [0.1, 0.15) is 5.56 Å². The van der Waals surface area contributed by atoms with Gasteiger partial charge < -0.3 is 0 Å². The van der Waals surface area contributed by atoms with Crippen LogP contribution in [0.25, 0.3) is 17.1 Å². The van der Waals surface area contributed by atoms with E-state index < -0.39 is 4.92 Å². The summed E-state index contributed by atoms with van der Waals surface area (Å²) in [4.78, 5) is 22.9. The van der Waals surface area contributed by atoms with Crippen LogP contribution in [0.4, 0.5) is 5.69 Å². The van der Waals surface area contributed by atoms with E-state index in [1.807, 2.05) is 65.2 Å². The predicted octanol–water partition coefficient (Wildman–Crippen LogP) is 4.08. The number of para-hydroxylation sites is 2. The Kier molecular flexibility index (Phi) is 6.86. The van der Waals surface area contributed by atoms with Gasteiger partial charge in [-0.15, -0.1) is 10.2 Å². The zero-order valence-electron chi connectivity index (χ0n) is 17.2. The van der Waals surface area contributed by atoms with E-state index in [1.54, 1.807) is 18.2 Å². The van der Waals surface area contributed by atoms with E-state index >= 15 is 0 Å². The van der Waals surface area contributed by atoms with Crippen LogP contribution < -0.4 is 5.43 Å². The molecule has 1 heterocycles. The molecule has 1 aromatic heterocycles. The third-order valence-corrected chi connectivity index (χ3v) is 5.47. The number of benzene rings is 3. The third-order valence-electron chi connectivity index (χ3n) is 4.54. The van der Waals surface area contributed by atoms with Crippen LogP contribution in [-0.4, -0.2) is 37.6 Å². The Balaban J connectivity index is 1.48. The Hall–Kier alpha value is -4.31. The van der Waals surface area contributed by atoms with E-state index in [-0.39, 0.29) is 17.3 Å². The quantitative estimate of drug-likeness (QED) is 0.184. The maximum atomic E-state index is 12.3. The van der Waals surface area contributed by atoms with Crippen LogP contribution in [0.15, 0.2) is 95.2 Å². The van der Waals surface area contributed by atoms with E-state index in [9.17, 15) is 14.9 Å². The van der Waals surface area contributed by atoms with Gasteiger partial charge in [-0.2, -0.15) is 5.10 Å². The molecule has 164 valence electrons. The molecule has 10 heteroatoms. The number of carbonyl (C=O) groups is 1. The standard InChI is InChI=1S/C23H18N6O3S/c30-21(25-24-15-18-11-7-8-14-20(18)29(31)32)16-33-23-27-26-22(17-9-3-1-4-10-17)28(23)19-12-5-2-6-13-19/h1-15H,16H2,(H,25,30)/b24-15+. The lowest BCUT2D eigenvalue weighted by Gasteiger charge is -2.10. The molecule has 4 aromatic rings. The van der Waals surface area contributed by atoms with Crippen LogP contribution in [0, 0.1) is 10.1 Å². The smallest absolute Gasteiger partial charge is 0.272 e. The summed E-state index contributed by atoms with van der Waals surface area (Å²) < 4.78 is 1.89. The van der Waals surface area contributed by atoms with E-state index in [2.05, 4.69) is 20.7 Å². The third kappa shape index (κ3) is 5.31. The summed E-state index contributed by atoms with van der Waals surface area (Å²) in [5.74, 6) is 0.325. The molecule has 0 bridgehead atoms. The van der Waals surface area contributed by atoms with Gasteiger partial charge in [-0.1, -0.05) is 72.4 Å². The number of thioether (sulfide) groups is 1. The minimum Gasteiger partial charge on any atom is -0.272 e. The SMILES string of the molecule is O=C(CSc1nnc(-c2ccccc2)n1-c1ccccc1)N/N=C/c1ccccc1[N+](=O)[O-]. The minimum absolute atomic E-state index is 0.0357. The summed E-state index contributed by atoms with van der Waals surface area (Å²) in [6, 6.07) is 25.5. The van der Waals surface area contributed by atoms with Crippen molar-refractivity contribution in [3.8, 4) is 17.1 Å². The van der Waals surface area contributed by atoms with Crippen molar-refractivity contribution < 1.29 is 9.72 Å². The molecule has 9 nitrogen and oxygen atoms in total. The molecule has 0 radical (unpaired) electrons. The number of nitro benzene ring substituents is 1. The Labute approximate surface area is 193 Å². The van der Waals surface area contributed by atoms with Gasteiger partial charge in [-0.05, 0) is 18.2 Å². The molecule has 0 unspecified atom stereocenters. The summed E-state index contributed by atoms with van der Waals surface area (Å²) in [5.41, 5.74) is 4.38. The molecule has 0 aliphatic carbocycles. The number of amides is 1. The zero-order valence-corrected chi connectivity index (χ0v) is 18.1. The second-order valence-corrected chi connectivity index (χ2v) is 7.68. The Morgan fingerprint density at radius 1 is 1.00 bits per heavy atom. The summed E-state index contributed by atoms with van der Waals surface area (Å²) in [7, 11) is 0. The first-order chi connectivity index (χ1) is 16.1. The summed E-state index contributed by atoms with van der Waals surface area (Å²) in [6.07, 6.45) is 1.25. The Morgan fingerprint density at radius 2 is 1.67 bits per heavy atom. The van der Waals surface area contributed by atoms with Crippen molar-refractivity contribution in [3.63, 3.8) is 0 Å². The zero-order chi connectivity index (χ0) is 23.0. The number of nitrogens with zero attached hydrogens (tertiary/aromatic N) is 5. The molecule has 0 saturated carbocycles. The predicted molar refractivity (Wildman–Crippen MR) is 126 cm³/mol. The topological polar surface area (TPSA) is 115 Å². The first-order valence-corrected chi connectivity index (χ1v) is 10.9. The highest BCUT2D eigenvalue weighted by molar-refractivity contribution is 7.99. The summed E-state index contributed by atoms with van der Waals surface area (Å²) in [6.45, 7) is 0. The van der Waals surface area contributed by atoms with Gasteiger partial charge in [0.2, 0.25) is 0 Å². The lowest BCUT2D eigenvalue weighted by atomic mass is 10.2. The average molecular weight is 459 g/mol. The molecule has 0 fully saturated rings. The van der Waals surface area contributed by atoms with Crippen LogP contribution in [0.5, 0.6) is 0 Å². The van der Waals surface area contributed by atoms with E-state index in [0.717, 1.165) is 11.3 Å². The molecular weight excluding hydrogens is 440 g/mol. The average Bonchev–Trinajstić information content (AvgIpc) is 3.28. The van der Waals surface area contributed by atoms with Crippen LogP contribution in [0.2, 0.25) is 0 Å². The molecule has 1 amide bonds. The van der Waals surface area contributed by atoms with Gasteiger partial charge >= 0.3 is 0 Å². The fraction of sp³-hybridized carbons (Fsp3) is 0.0435. The largest absolute Gasteiger partial charge is 0.278 e. The van der Waals surface area contributed by atoms with Crippen LogP contribution >= 0.6 is 11.8 Å². The van der Waals surface area contributed by atoms with Crippen molar-refractivity contribution in [1.82, 2.24) is 20.2 Å². The second-order valence-electron chi connectivity index (χ2n) is 6.74. The number of hydrogen-bond donors (Lipinski definition) is 1. The van der Waals surface area contributed by atoms with Gasteiger partial charge in [0.1, 0.15) is 0 Å². The minimum atomic E-state index is -0.500. The number of carbonyl (C=O) groups excluding carboxylic acids is 1. The van der Waals surface area contributed by atoms with Crippen molar-refractivity contribution in [1.29, 1.82) is 0 Å². The van der Waals surface area contributed by atoms with Gasteiger partial charge in [-0.3, -0.25) is 19.5 Å². The fourth-order valence-electron chi connectivity index (χ4n) is 3.05. The van der Waals surface area contributed by atoms with Gasteiger partial charge in [0.05, 0.1) is 22.5 Å². The molecule has 0 aliphatic rings. The van der Waals surface area contributed by atoms with Crippen molar-refractivity contribution >= 4 is 29.6 Å². The maximum Gasteiger partial charge on any atom is 0.278 e. The van der Waals surface area contributed by atoms with Gasteiger partial charge in [-0.25, -0.2) is 5.43 Å². The Morgan fingerprint density at radius 3 is 2.39 bits per heavy atom. The van der Waals surface area contributed by atoms with Crippen molar-refractivity contribution in [3.05, 3.63) is 101 Å². The molecule has 33 heavy (non-hydrogen) atoms. The summed E-state index contributed by atoms with van der Waals surface area (Å²) in [5, 5.41) is 24.1. The molecule has 0 aliphatic heterocycles. The van der Waals surface area contributed by atoms with Crippen LogP contribution in [-0.2, 0) is 4.79 Å². The Bertz CT molecular complexity index is 1290. The molecule has 1 N–H and O–H groups in total. The molecule has 0 saturated heterocycles. The highest BCUT2D eigenvalue weighted by Gasteiger charge is 2.17. The second kappa shape index (κ2) is 10.3. The molecule has 0 atom stereocenters. The lowest BCUT2D eigenvalue weighted by molar-refractivity contribution is -0.385. The lowest BCUT2D eigenvalue weighted by Crippen LogP contribution is -2.20.